The molecule has 0 saturated carbocycles. The molecule has 1 fully saturated rings. The van der Waals surface area contributed by atoms with Crippen LogP contribution >= 0.6 is 0 Å². The molecule has 4 heterocycles. The number of hydrogen-bond acceptors (Lipinski definition) is 5. The molecule has 0 bridgehead atoms. The highest BCUT2D eigenvalue weighted by molar-refractivity contribution is 6.62. The lowest BCUT2D eigenvalue weighted by Gasteiger charge is -2.46. The highest BCUT2D eigenvalue weighted by Crippen LogP contribution is 2.43. The summed E-state index contributed by atoms with van der Waals surface area (Å²) in [5, 5.41) is 1.16. The number of benzene rings is 3. The highest BCUT2D eigenvalue weighted by Gasteiger charge is 2.51. The molecule has 3 aliphatic heterocycles. The van der Waals surface area contributed by atoms with E-state index in [0.717, 1.165) is 51.0 Å². The van der Waals surface area contributed by atoms with Gasteiger partial charge in [-0.05, 0) is 81.0 Å². The Morgan fingerprint density at radius 3 is 2.48 bits per heavy atom. The van der Waals surface area contributed by atoms with Gasteiger partial charge in [-0.3, -0.25) is 4.79 Å². The number of nitrogens with zero attached hydrogens (tertiary/aromatic N) is 2. The second-order valence-corrected chi connectivity index (χ2v) is 12.1. The van der Waals surface area contributed by atoms with Gasteiger partial charge in [0.1, 0.15) is 18.5 Å². The molecule has 3 aliphatic rings. The number of aromatic amines is 1. The quantitative estimate of drug-likeness (QED) is 0.365. The molecule has 40 heavy (non-hydrogen) atoms. The molecule has 1 unspecified atom stereocenters. The lowest BCUT2D eigenvalue weighted by molar-refractivity contribution is 0.00578. The van der Waals surface area contributed by atoms with Crippen LogP contribution in [0.5, 0.6) is 5.75 Å². The summed E-state index contributed by atoms with van der Waals surface area (Å²) in [6.07, 6.45) is 0.655. The normalized spacial score (nSPS) is 20.9. The number of carbonyl (C=O) groups is 1. The molecule has 8 heteroatoms. The number of amides is 1. The van der Waals surface area contributed by atoms with Crippen molar-refractivity contribution >= 4 is 35.1 Å². The van der Waals surface area contributed by atoms with Crippen LogP contribution in [0.1, 0.15) is 61.0 Å². The number of hydrogen-bond donors (Lipinski definition) is 1. The fourth-order valence-electron chi connectivity index (χ4n) is 6.12. The predicted molar refractivity (Wildman–Crippen MR) is 157 cm³/mol. The zero-order chi connectivity index (χ0) is 27.8. The minimum Gasteiger partial charge on any atom is -0.489 e. The van der Waals surface area contributed by atoms with E-state index < -0.39 is 0 Å². The molecule has 1 aromatic heterocycles. The maximum Gasteiger partial charge on any atom is 0.494 e. The van der Waals surface area contributed by atoms with Crippen LogP contribution in [0, 0.1) is 0 Å². The van der Waals surface area contributed by atoms with Crippen LogP contribution < -0.4 is 15.1 Å². The van der Waals surface area contributed by atoms with E-state index in [1.54, 1.807) is 0 Å². The van der Waals surface area contributed by atoms with Crippen LogP contribution in [0.3, 0.4) is 0 Å². The van der Waals surface area contributed by atoms with Crippen LogP contribution in [0.2, 0.25) is 0 Å². The van der Waals surface area contributed by atoms with E-state index >= 15 is 0 Å². The van der Waals surface area contributed by atoms with E-state index in [-0.39, 0.29) is 30.4 Å². The third-order valence-electron chi connectivity index (χ3n) is 9.12. The number of para-hydroxylation sites is 1. The molecule has 0 spiro atoms. The van der Waals surface area contributed by atoms with Gasteiger partial charge in [0.2, 0.25) is 0 Å². The largest absolute Gasteiger partial charge is 0.494 e. The number of nitrogens with one attached hydrogen (secondary N) is 1. The molecule has 204 valence electrons. The maximum atomic E-state index is 13.3. The van der Waals surface area contributed by atoms with Crippen molar-refractivity contribution < 1.29 is 18.8 Å². The molecule has 0 aliphatic carbocycles. The fourth-order valence-corrected chi connectivity index (χ4v) is 6.12. The fraction of sp³-hybridized carbons (Fsp3) is 0.344. The lowest BCUT2D eigenvalue weighted by atomic mass is 9.79. The van der Waals surface area contributed by atoms with Crippen molar-refractivity contribution in [3.8, 4) is 5.75 Å². The van der Waals surface area contributed by atoms with Gasteiger partial charge < -0.3 is 28.8 Å². The molecular weight excluding hydrogens is 501 g/mol. The first-order chi connectivity index (χ1) is 19.1. The van der Waals surface area contributed by atoms with Crippen molar-refractivity contribution in [1.82, 2.24) is 9.88 Å². The van der Waals surface area contributed by atoms with Crippen molar-refractivity contribution in [3.05, 3.63) is 89.1 Å². The molecule has 3 aromatic carbocycles. The summed E-state index contributed by atoms with van der Waals surface area (Å²) >= 11 is 0. The van der Waals surface area contributed by atoms with E-state index in [1.165, 1.54) is 5.56 Å². The zero-order valence-corrected chi connectivity index (χ0v) is 23.7. The molecule has 1 atom stereocenters. The number of anilines is 1. The Labute approximate surface area is 235 Å². The van der Waals surface area contributed by atoms with Gasteiger partial charge in [0, 0.05) is 24.5 Å². The third kappa shape index (κ3) is 3.85. The number of aromatic nitrogens is 1. The SMILES string of the molecule is CN1c2ccccc2C(=O)N2CCc3c([nH]c4ccc(OCc5ccc(B6OC(C)(C)C(C)(C)O6)cc5)cc34)C21. The van der Waals surface area contributed by atoms with Gasteiger partial charge in [0.05, 0.1) is 28.1 Å². The Morgan fingerprint density at radius 1 is 1.00 bits per heavy atom. The van der Waals surface area contributed by atoms with Gasteiger partial charge in [0.25, 0.3) is 5.91 Å². The van der Waals surface area contributed by atoms with Gasteiger partial charge >= 0.3 is 7.12 Å². The smallest absolute Gasteiger partial charge is 0.489 e. The lowest BCUT2D eigenvalue weighted by Crippen LogP contribution is -2.51. The third-order valence-corrected chi connectivity index (χ3v) is 9.12. The maximum absolute atomic E-state index is 13.3. The molecule has 4 aromatic rings. The average molecular weight is 535 g/mol. The highest BCUT2D eigenvalue weighted by atomic mass is 16.7. The van der Waals surface area contributed by atoms with Crippen LogP contribution in [-0.4, -0.2) is 47.7 Å². The molecular formula is C32H34BN3O4. The van der Waals surface area contributed by atoms with Crippen LogP contribution in [0.25, 0.3) is 10.9 Å². The Kier molecular flexibility index (Phi) is 5.60. The van der Waals surface area contributed by atoms with Crippen molar-refractivity contribution in [3.63, 3.8) is 0 Å². The van der Waals surface area contributed by atoms with Crippen molar-refractivity contribution in [1.29, 1.82) is 0 Å². The molecule has 1 N–H and O–H groups in total. The Balaban J connectivity index is 1.10. The summed E-state index contributed by atoms with van der Waals surface area (Å²) in [5.41, 5.74) is 6.49. The summed E-state index contributed by atoms with van der Waals surface area (Å²) in [6.45, 7) is 9.41. The first-order valence-electron chi connectivity index (χ1n) is 14.0. The molecule has 7 nitrogen and oxygen atoms in total. The minimum atomic E-state index is -0.370. The molecule has 1 saturated heterocycles. The average Bonchev–Trinajstić information content (AvgIpc) is 3.42. The van der Waals surface area contributed by atoms with Gasteiger partial charge in [-0.2, -0.15) is 0 Å². The van der Waals surface area contributed by atoms with E-state index in [9.17, 15) is 4.79 Å². The number of H-pyrrole nitrogens is 1. The van der Waals surface area contributed by atoms with E-state index in [0.29, 0.717) is 13.2 Å². The van der Waals surface area contributed by atoms with Crippen molar-refractivity contribution in [2.45, 2.75) is 58.1 Å². The second-order valence-electron chi connectivity index (χ2n) is 12.1. The topological polar surface area (TPSA) is 67.0 Å². The Bertz CT molecular complexity index is 1610. The zero-order valence-electron chi connectivity index (χ0n) is 23.7. The summed E-state index contributed by atoms with van der Waals surface area (Å²) in [7, 11) is 1.70. The molecule has 1 amide bonds. The number of rotatable bonds is 4. The van der Waals surface area contributed by atoms with Gasteiger partial charge in [-0.15, -0.1) is 0 Å². The van der Waals surface area contributed by atoms with E-state index in [1.807, 2.05) is 35.2 Å². The van der Waals surface area contributed by atoms with Crippen LogP contribution in [0.15, 0.2) is 66.7 Å². The van der Waals surface area contributed by atoms with Gasteiger partial charge in [-0.25, -0.2) is 0 Å². The number of carbonyl (C=O) groups excluding carboxylic acids is 1. The Morgan fingerprint density at radius 2 is 1.73 bits per heavy atom. The minimum absolute atomic E-state index is 0.0940. The summed E-state index contributed by atoms with van der Waals surface area (Å²) in [6, 6.07) is 22.3. The summed E-state index contributed by atoms with van der Waals surface area (Å²) in [5.74, 6) is 0.918. The second kappa shape index (κ2) is 8.88. The monoisotopic (exact) mass is 535 g/mol. The van der Waals surface area contributed by atoms with Crippen LogP contribution in [-0.2, 0) is 22.3 Å². The first kappa shape index (κ1) is 25.2. The molecule has 7 rings (SSSR count). The van der Waals surface area contributed by atoms with Gasteiger partial charge in [-0.1, -0.05) is 36.4 Å². The predicted octanol–water partition coefficient (Wildman–Crippen LogP) is 5.19. The summed E-state index contributed by atoms with van der Waals surface area (Å²) in [4.78, 5) is 21.1. The molecule has 0 radical (unpaired) electrons. The van der Waals surface area contributed by atoms with E-state index in [2.05, 4.69) is 81.0 Å². The van der Waals surface area contributed by atoms with Crippen LogP contribution in [0.4, 0.5) is 5.69 Å². The standard InChI is InChI=1S/C32H34BN3O4/c1-31(2)32(3,4)40-33(39-31)21-12-10-20(11-13-21)19-38-22-14-15-26-25(18-22)23-16-17-36-29(28(23)34-26)35(5)27-9-7-6-8-24(27)30(36)37/h6-15,18,29,34H,16-17,19H2,1-5H3. The van der Waals surface area contributed by atoms with Crippen molar-refractivity contribution in [2.24, 2.45) is 0 Å². The number of fused-ring (bicyclic) bond motifs is 6. The van der Waals surface area contributed by atoms with Crippen molar-refractivity contribution in [2.75, 3.05) is 18.5 Å². The summed E-state index contributed by atoms with van der Waals surface area (Å²) < 4.78 is 18.6. The van der Waals surface area contributed by atoms with Gasteiger partial charge in [0.15, 0.2) is 0 Å². The number of ether oxygens (including phenoxy) is 1. The first-order valence-corrected chi connectivity index (χ1v) is 14.0. The van der Waals surface area contributed by atoms with E-state index in [4.69, 9.17) is 14.0 Å². The Hall–Kier alpha value is -3.75.